The lowest BCUT2D eigenvalue weighted by Gasteiger charge is -2.38. The third-order valence-electron chi connectivity index (χ3n) is 3.62. The van der Waals surface area contributed by atoms with Crippen LogP contribution in [0.15, 0.2) is 18.2 Å². The Morgan fingerprint density at radius 1 is 1.38 bits per heavy atom. The second kappa shape index (κ2) is 5.85. The maximum Gasteiger partial charge on any atom is 0.270 e. The quantitative estimate of drug-likeness (QED) is 0.843. The van der Waals surface area contributed by atoms with Gasteiger partial charge in [-0.1, -0.05) is 0 Å². The summed E-state index contributed by atoms with van der Waals surface area (Å²) in [7, 11) is 0. The summed E-state index contributed by atoms with van der Waals surface area (Å²) in [6.07, 6.45) is 1.08. The summed E-state index contributed by atoms with van der Waals surface area (Å²) < 4.78 is 5.76. The average Bonchev–Trinajstić information content (AvgIpc) is 2.45. The number of ketones is 1. The maximum atomic E-state index is 12.4. The normalized spacial score (nSPS) is 16.4. The maximum absolute atomic E-state index is 12.4. The molecule has 0 radical (unpaired) electrons. The van der Waals surface area contributed by atoms with Gasteiger partial charge in [0.2, 0.25) is 0 Å². The van der Waals surface area contributed by atoms with E-state index in [9.17, 15) is 9.59 Å². The Morgan fingerprint density at radius 2 is 2.10 bits per heavy atom. The molecular formula is C16H22N2O3. The van der Waals surface area contributed by atoms with E-state index in [0.29, 0.717) is 42.9 Å². The summed E-state index contributed by atoms with van der Waals surface area (Å²) in [5.41, 5.74) is 5.81. The third-order valence-corrected chi connectivity index (χ3v) is 3.62. The molecule has 2 rings (SSSR count). The second-order valence-corrected chi connectivity index (χ2v) is 5.66. The van der Waals surface area contributed by atoms with Gasteiger partial charge in [0.1, 0.15) is 5.75 Å². The standard InChI is InChI=1S/C16H22N2O3/c1-4-18-12-10-11(13(19)6-5-9-17)7-8-14(12)21-16(2,3)15(18)20/h7-8,10H,4-6,9,17H2,1-3H3. The van der Waals surface area contributed by atoms with Crippen molar-refractivity contribution in [3.05, 3.63) is 23.8 Å². The number of fused-ring (bicyclic) bond motifs is 1. The number of benzene rings is 1. The molecule has 5 heteroatoms. The molecule has 1 aliphatic rings. The van der Waals surface area contributed by atoms with Gasteiger partial charge in [-0.05, 0) is 51.9 Å². The molecule has 1 heterocycles. The van der Waals surface area contributed by atoms with Crippen LogP contribution in [0, 0.1) is 0 Å². The van der Waals surface area contributed by atoms with Crippen molar-refractivity contribution in [3.8, 4) is 5.75 Å². The van der Waals surface area contributed by atoms with E-state index >= 15 is 0 Å². The van der Waals surface area contributed by atoms with Gasteiger partial charge in [-0.2, -0.15) is 0 Å². The van der Waals surface area contributed by atoms with Crippen molar-refractivity contribution in [2.45, 2.75) is 39.2 Å². The first-order chi connectivity index (χ1) is 9.90. The van der Waals surface area contributed by atoms with E-state index in [0.717, 1.165) is 0 Å². The summed E-state index contributed by atoms with van der Waals surface area (Å²) in [5.74, 6) is 0.581. The van der Waals surface area contributed by atoms with Crippen LogP contribution in [0.3, 0.4) is 0 Å². The summed E-state index contributed by atoms with van der Waals surface area (Å²) in [4.78, 5) is 26.2. The van der Waals surface area contributed by atoms with Crippen LogP contribution in [0.1, 0.15) is 44.0 Å². The SMILES string of the molecule is CCN1C(=O)C(C)(C)Oc2ccc(C(=O)CCCN)cc21. The van der Waals surface area contributed by atoms with Crippen LogP contribution < -0.4 is 15.4 Å². The summed E-state index contributed by atoms with van der Waals surface area (Å²) in [6.45, 7) is 6.45. The number of amides is 1. The molecule has 0 fully saturated rings. The number of hydrogen-bond donors (Lipinski definition) is 1. The number of carbonyl (C=O) groups is 2. The highest BCUT2D eigenvalue weighted by atomic mass is 16.5. The van der Waals surface area contributed by atoms with Crippen LogP contribution in [-0.4, -0.2) is 30.4 Å². The number of anilines is 1. The van der Waals surface area contributed by atoms with Gasteiger partial charge in [-0.15, -0.1) is 0 Å². The highest BCUT2D eigenvalue weighted by Gasteiger charge is 2.40. The summed E-state index contributed by atoms with van der Waals surface area (Å²) in [5, 5.41) is 0. The molecule has 0 atom stereocenters. The molecule has 1 amide bonds. The van der Waals surface area contributed by atoms with Gasteiger partial charge >= 0.3 is 0 Å². The molecule has 0 saturated carbocycles. The van der Waals surface area contributed by atoms with Crippen molar-refractivity contribution in [1.29, 1.82) is 0 Å². The van der Waals surface area contributed by atoms with Crippen molar-refractivity contribution in [3.63, 3.8) is 0 Å². The van der Waals surface area contributed by atoms with E-state index in [4.69, 9.17) is 10.5 Å². The predicted molar refractivity (Wildman–Crippen MR) is 81.8 cm³/mol. The van der Waals surface area contributed by atoms with E-state index < -0.39 is 5.60 Å². The topological polar surface area (TPSA) is 72.6 Å². The predicted octanol–water partition coefficient (Wildman–Crippen LogP) is 2.13. The fourth-order valence-electron chi connectivity index (χ4n) is 2.46. The first-order valence-electron chi connectivity index (χ1n) is 7.29. The number of rotatable bonds is 5. The molecule has 1 aliphatic heterocycles. The highest BCUT2D eigenvalue weighted by Crippen LogP contribution is 2.38. The van der Waals surface area contributed by atoms with Gasteiger partial charge in [0.25, 0.3) is 5.91 Å². The van der Waals surface area contributed by atoms with Gasteiger partial charge < -0.3 is 15.4 Å². The number of Topliss-reactive ketones (excluding diaryl/α,β-unsaturated/α-hetero) is 1. The summed E-state index contributed by atoms with van der Waals surface area (Å²) in [6, 6.07) is 5.25. The zero-order valence-electron chi connectivity index (χ0n) is 12.8. The molecule has 5 nitrogen and oxygen atoms in total. The van der Waals surface area contributed by atoms with E-state index in [1.54, 1.807) is 36.9 Å². The highest BCUT2D eigenvalue weighted by molar-refractivity contribution is 6.04. The van der Waals surface area contributed by atoms with Crippen LogP contribution in [0.5, 0.6) is 5.75 Å². The fraction of sp³-hybridized carbons (Fsp3) is 0.500. The molecule has 21 heavy (non-hydrogen) atoms. The smallest absolute Gasteiger partial charge is 0.270 e. The Balaban J connectivity index is 2.37. The van der Waals surface area contributed by atoms with Crippen molar-refractivity contribution < 1.29 is 14.3 Å². The van der Waals surface area contributed by atoms with E-state index in [2.05, 4.69) is 0 Å². The van der Waals surface area contributed by atoms with Crippen LogP contribution in [-0.2, 0) is 4.79 Å². The summed E-state index contributed by atoms with van der Waals surface area (Å²) >= 11 is 0. The first kappa shape index (κ1) is 15.5. The van der Waals surface area contributed by atoms with Gasteiger partial charge in [0.05, 0.1) is 5.69 Å². The van der Waals surface area contributed by atoms with Gasteiger partial charge in [-0.3, -0.25) is 9.59 Å². The Kier molecular flexibility index (Phi) is 4.32. The zero-order chi connectivity index (χ0) is 15.6. The van der Waals surface area contributed by atoms with Crippen LogP contribution in [0.2, 0.25) is 0 Å². The minimum absolute atomic E-state index is 0.0385. The molecule has 0 unspecified atom stereocenters. The van der Waals surface area contributed by atoms with Crippen molar-refractivity contribution >= 4 is 17.4 Å². The Bertz CT molecular complexity index is 567. The Labute approximate surface area is 125 Å². The van der Waals surface area contributed by atoms with Gasteiger partial charge in [0, 0.05) is 18.5 Å². The molecule has 0 aromatic heterocycles. The van der Waals surface area contributed by atoms with E-state index in [1.807, 2.05) is 6.92 Å². The van der Waals surface area contributed by atoms with E-state index in [1.165, 1.54) is 0 Å². The zero-order valence-corrected chi connectivity index (χ0v) is 12.8. The van der Waals surface area contributed by atoms with Crippen LogP contribution in [0.25, 0.3) is 0 Å². The van der Waals surface area contributed by atoms with Crippen molar-refractivity contribution in [1.82, 2.24) is 0 Å². The largest absolute Gasteiger partial charge is 0.476 e. The molecule has 1 aromatic carbocycles. The van der Waals surface area contributed by atoms with Crippen molar-refractivity contribution in [2.75, 3.05) is 18.0 Å². The molecule has 0 spiro atoms. The number of carbonyl (C=O) groups excluding carboxylic acids is 2. The van der Waals surface area contributed by atoms with Crippen LogP contribution in [0.4, 0.5) is 5.69 Å². The third kappa shape index (κ3) is 2.93. The van der Waals surface area contributed by atoms with E-state index in [-0.39, 0.29) is 11.7 Å². The molecule has 0 bridgehead atoms. The molecule has 0 aliphatic carbocycles. The molecule has 1 aromatic rings. The molecule has 114 valence electrons. The monoisotopic (exact) mass is 290 g/mol. The lowest BCUT2D eigenvalue weighted by atomic mass is 10.0. The number of ether oxygens (including phenoxy) is 1. The van der Waals surface area contributed by atoms with Crippen LogP contribution >= 0.6 is 0 Å². The minimum Gasteiger partial charge on any atom is -0.476 e. The minimum atomic E-state index is -0.881. The first-order valence-corrected chi connectivity index (χ1v) is 7.29. The number of nitrogens with two attached hydrogens (primary N) is 1. The van der Waals surface area contributed by atoms with Gasteiger partial charge in [0.15, 0.2) is 11.4 Å². The Hall–Kier alpha value is -1.88. The average molecular weight is 290 g/mol. The Morgan fingerprint density at radius 3 is 2.71 bits per heavy atom. The van der Waals surface area contributed by atoms with Crippen molar-refractivity contribution in [2.24, 2.45) is 5.73 Å². The fourth-order valence-corrected chi connectivity index (χ4v) is 2.46. The lowest BCUT2D eigenvalue weighted by molar-refractivity contribution is -0.132. The second-order valence-electron chi connectivity index (χ2n) is 5.66. The molecule has 2 N–H and O–H groups in total. The number of nitrogens with zero attached hydrogens (tertiary/aromatic N) is 1. The number of likely N-dealkylation sites (N-methyl/N-ethyl adjacent to an activating group) is 1. The molecular weight excluding hydrogens is 268 g/mol. The number of hydrogen-bond acceptors (Lipinski definition) is 4. The van der Waals surface area contributed by atoms with Gasteiger partial charge in [-0.25, -0.2) is 0 Å². The lowest BCUT2D eigenvalue weighted by Crippen LogP contribution is -2.52. The molecule has 0 saturated heterocycles.